The number of amides is 1. The zero-order chi connectivity index (χ0) is 16.1. The van der Waals surface area contributed by atoms with E-state index in [-0.39, 0.29) is 5.56 Å². The molecule has 0 fully saturated rings. The number of halogens is 1. The molecule has 1 N–H and O–H groups in total. The van der Waals surface area contributed by atoms with E-state index in [0.717, 1.165) is 12.3 Å². The number of carbonyl (C=O) groups excluding carboxylic acids is 1. The Hall–Kier alpha value is -3.28. The van der Waals surface area contributed by atoms with Gasteiger partial charge in [0, 0.05) is 18.5 Å². The predicted octanol–water partition coefficient (Wildman–Crippen LogP) is 3.66. The molecule has 23 heavy (non-hydrogen) atoms. The third-order valence-corrected chi connectivity index (χ3v) is 2.97. The van der Waals surface area contributed by atoms with Crippen LogP contribution in [-0.2, 0) is 0 Å². The Morgan fingerprint density at radius 3 is 2.65 bits per heavy atom. The number of carbonyl (C=O) groups is 1. The third kappa shape index (κ3) is 3.68. The van der Waals surface area contributed by atoms with E-state index in [2.05, 4.69) is 15.3 Å². The summed E-state index contributed by atoms with van der Waals surface area (Å²) in [6.45, 7) is 0. The van der Waals surface area contributed by atoms with Gasteiger partial charge in [0.15, 0.2) is 5.75 Å². The molecule has 1 aromatic carbocycles. The van der Waals surface area contributed by atoms with Gasteiger partial charge in [0.25, 0.3) is 5.91 Å². The molecule has 5 nitrogen and oxygen atoms in total. The molecule has 1 amide bonds. The molecule has 3 aromatic rings. The second-order valence-electron chi connectivity index (χ2n) is 4.63. The van der Waals surface area contributed by atoms with E-state index in [1.54, 1.807) is 24.4 Å². The summed E-state index contributed by atoms with van der Waals surface area (Å²) in [6, 6.07) is 11.9. The van der Waals surface area contributed by atoms with Crippen LogP contribution in [0.1, 0.15) is 10.4 Å². The number of pyridine rings is 2. The van der Waals surface area contributed by atoms with E-state index in [9.17, 15) is 9.18 Å². The highest BCUT2D eigenvalue weighted by Crippen LogP contribution is 2.28. The van der Waals surface area contributed by atoms with Crippen LogP contribution in [0.4, 0.5) is 10.1 Å². The zero-order valence-electron chi connectivity index (χ0n) is 11.9. The number of anilines is 1. The molecule has 0 bridgehead atoms. The lowest BCUT2D eigenvalue weighted by atomic mass is 10.2. The van der Waals surface area contributed by atoms with E-state index >= 15 is 0 Å². The number of para-hydroxylation sites is 1. The van der Waals surface area contributed by atoms with Crippen LogP contribution in [-0.4, -0.2) is 15.9 Å². The fourth-order valence-corrected chi connectivity index (χ4v) is 1.91. The van der Waals surface area contributed by atoms with Gasteiger partial charge in [-0.25, -0.2) is 4.39 Å². The molecule has 0 radical (unpaired) electrons. The van der Waals surface area contributed by atoms with Crippen LogP contribution in [0.5, 0.6) is 11.5 Å². The maximum Gasteiger partial charge on any atom is 0.257 e. The fraction of sp³-hybridized carbons (Fsp3) is 0. The van der Waals surface area contributed by atoms with Crippen molar-refractivity contribution in [3.05, 3.63) is 78.6 Å². The van der Waals surface area contributed by atoms with Crippen LogP contribution in [0.2, 0.25) is 0 Å². The minimum Gasteiger partial charge on any atom is -0.455 e. The van der Waals surface area contributed by atoms with Gasteiger partial charge in [-0.3, -0.25) is 14.8 Å². The first-order valence-corrected chi connectivity index (χ1v) is 6.81. The van der Waals surface area contributed by atoms with Crippen LogP contribution >= 0.6 is 0 Å². The monoisotopic (exact) mass is 309 g/mol. The molecule has 2 heterocycles. The summed E-state index contributed by atoms with van der Waals surface area (Å²) in [7, 11) is 0. The molecule has 114 valence electrons. The molecular weight excluding hydrogens is 297 g/mol. The number of nitrogens with zero attached hydrogens (tertiary/aromatic N) is 2. The highest BCUT2D eigenvalue weighted by molar-refractivity contribution is 6.04. The lowest BCUT2D eigenvalue weighted by Gasteiger charge is -2.11. The smallest absolute Gasteiger partial charge is 0.257 e. The lowest BCUT2D eigenvalue weighted by Crippen LogP contribution is -2.13. The normalized spacial score (nSPS) is 10.1. The summed E-state index contributed by atoms with van der Waals surface area (Å²) in [6.07, 6.45) is 5.33. The van der Waals surface area contributed by atoms with Gasteiger partial charge in [-0.2, -0.15) is 0 Å². The standard InChI is InChI=1S/C17H12FN3O2/c18-13-8-12(9-20-10-13)17(22)21-15-11-19-7-6-16(15)23-14-4-2-1-3-5-14/h1-11H,(H,21,22). The summed E-state index contributed by atoms with van der Waals surface area (Å²) in [4.78, 5) is 19.8. The number of ether oxygens (including phenoxy) is 1. The molecule has 0 saturated heterocycles. The van der Waals surface area contributed by atoms with Crippen LogP contribution < -0.4 is 10.1 Å². The number of aromatic nitrogens is 2. The molecule has 3 rings (SSSR count). The van der Waals surface area contributed by atoms with Crippen molar-refractivity contribution >= 4 is 11.6 Å². The van der Waals surface area contributed by atoms with Crippen LogP contribution in [0.25, 0.3) is 0 Å². The molecule has 2 aromatic heterocycles. The van der Waals surface area contributed by atoms with Crippen LogP contribution in [0, 0.1) is 5.82 Å². The first-order chi connectivity index (χ1) is 11.2. The van der Waals surface area contributed by atoms with Crippen LogP contribution in [0.3, 0.4) is 0 Å². The summed E-state index contributed by atoms with van der Waals surface area (Å²) >= 11 is 0. The number of benzene rings is 1. The van der Waals surface area contributed by atoms with E-state index < -0.39 is 11.7 Å². The highest BCUT2D eigenvalue weighted by Gasteiger charge is 2.12. The molecule has 0 spiro atoms. The first-order valence-electron chi connectivity index (χ1n) is 6.81. The molecule has 0 aliphatic heterocycles. The number of rotatable bonds is 4. The fourth-order valence-electron chi connectivity index (χ4n) is 1.91. The first kappa shape index (κ1) is 14.6. The van der Waals surface area contributed by atoms with Gasteiger partial charge in [-0.15, -0.1) is 0 Å². The van der Waals surface area contributed by atoms with Crippen molar-refractivity contribution in [2.45, 2.75) is 0 Å². The SMILES string of the molecule is O=C(Nc1cnccc1Oc1ccccc1)c1cncc(F)c1. The van der Waals surface area contributed by atoms with Crippen molar-refractivity contribution in [2.24, 2.45) is 0 Å². The summed E-state index contributed by atoms with van der Waals surface area (Å²) in [5, 5.41) is 2.64. The topological polar surface area (TPSA) is 64.1 Å². The number of nitrogens with one attached hydrogen (secondary N) is 1. The number of hydrogen-bond acceptors (Lipinski definition) is 4. The average molecular weight is 309 g/mol. The lowest BCUT2D eigenvalue weighted by molar-refractivity contribution is 0.102. The second kappa shape index (κ2) is 6.65. The van der Waals surface area contributed by atoms with Crippen molar-refractivity contribution in [1.82, 2.24) is 9.97 Å². The van der Waals surface area contributed by atoms with Gasteiger partial charge in [-0.1, -0.05) is 18.2 Å². The largest absolute Gasteiger partial charge is 0.455 e. The Balaban J connectivity index is 1.82. The number of hydrogen-bond donors (Lipinski definition) is 1. The predicted molar refractivity (Wildman–Crippen MR) is 82.9 cm³/mol. The highest BCUT2D eigenvalue weighted by atomic mass is 19.1. The van der Waals surface area contributed by atoms with Crippen molar-refractivity contribution in [2.75, 3.05) is 5.32 Å². The van der Waals surface area contributed by atoms with Crippen molar-refractivity contribution in [3.63, 3.8) is 0 Å². The molecule has 6 heteroatoms. The average Bonchev–Trinajstić information content (AvgIpc) is 2.57. The van der Waals surface area contributed by atoms with E-state index in [1.807, 2.05) is 18.2 Å². The minimum atomic E-state index is -0.579. The summed E-state index contributed by atoms with van der Waals surface area (Å²) in [5.41, 5.74) is 0.491. The van der Waals surface area contributed by atoms with Gasteiger partial charge in [0.2, 0.25) is 0 Å². The Morgan fingerprint density at radius 2 is 1.87 bits per heavy atom. The van der Waals surface area contributed by atoms with Crippen molar-refractivity contribution in [1.29, 1.82) is 0 Å². The molecule has 0 atom stereocenters. The zero-order valence-corrected chi connectivity index (χ0v) is 11.9. The summed E-state index contributed by atoms with van der Waals surface area (Å²) < 4.78 is 18.9. The molecular formula is C17H12FN3O2. The molecule has 0 unspecified atom stereocenters. The maximum atomic E-state index is 13.2. The van der Waals surface area contributed by atoms with E-state index in [0.29, 0.717) is 17.2 Å². The Kier molecular flexibility index (Phi) is 4.24. The second-order valence-corrected chi connectivity index (χ2v) is 4.63. The van der Waals surface area contributed by atoms with Gasteiger partial charge in [-0.05, 0) is 18.2 Å². The molecule has 0 aliphatic rings. The van der Waals surface area contributed by atoms with Gasteiger partial charge < -0.3 is 10.1 Å². The van der Waals surface area contributed by atoms with E-state index in [4.69, 9.17) is 4.74 Å². The van der Waals surface area contributed by atoms with Gasteiger partial charge in [0.05, 0.1) is 18.0 Å². The van der Waals surface area contributed by atoms with Crippen molar-refractivity contribution in [3.8, 4) is 11.5 Å². The Labute approximate surface area is 131 Å². The quantitative estimate of drug-likeness (QED) is 0.799. The molecule has 0 saturated carbocycles. The van der Waals surface area contributed by atoms with Crippen LogP contribution in [0.15, 0.2) is 67.3 Å². The van der Waals surface area contributed by atoms with Gasteiger partial charge in [0.1, 0.15) is 17.3 Å². The Morgan fingerprint density at radius 1 is 1.04 bits per heavy atom. The minimum absolute atomic E-state index is 0.111. The molecule has 0 aliphatic carbocycles. The third-order valence-electron chi connectivity index (χ3n) is 2.97. The maximum absolute atomic E-state index is 13.2. The van der Waals surface area contributed by atoms with Gasteiger partial charge >= 0.3 is 0 Å². The van der Waals surface area contributed by atoms with Crippen molar-refractivity contribution < 1.29 is 13.9 Å². The van der Waals surface area contributed by atoms with E-state index in [1.165, 1.54) is 12.4 Å². The Bertz CT molecular complexity index is 825. The summed E-state index contributed by atoms with van der Waals surface area (Å²) in [5.74, 6) is -0.0157.